The van der Waals surface area contributed by atoms with Crippen molar-refractivity contribution in [3.63, 3.8) is 0 Å². The fraction of sp³-hybridized carbons (Fsp3) is 0.111. The minimum absolute atomic E-state index is 0.547. The third kappa shape index (κ3) is 3.70. The minimum atomic E-state index is -4.40. The summed E-state index contributed by atoms with van der Waals surface area (Å²) in [4.78, 5) is 3.00. The second-order valence-electron chi connectivity index (χ2n) is 5.44. The number of nitrogens with one attached hydrogen (secondary N) is 1. The predicted octanol–water partition coefficient (Wildman–Crippen LogP) is 6.39. The van der Waals surface area contributed by atoms with Crippen LogP contribution in [0.3, 0.4) is 0 Å². The molecule has 130 valence electrons. The van der Waals surface area contributed by atoms with Crippen LogP contribution in [0.4, 0.5) is 26.3 Å². The quantitative estimate of drug-likeness (QED) is 0.513. The van der Waals surface area contributed by atoms with Crippen LogP contribution >= 0.6 is 0 Å². The van der Waals surface area contributed by atoms with Gasteiger partial charge >= 0.3 is 12.4 Å². The van der Waals surface area contributed by atoms with E-state index in [9.17, 15) is 26.3 Å². The molecule has 0 unspecified atom stereocenters. The summed E-state index contributed by atoms with van der Waals surface area (Å²) in [6, 6.07) is 12.6. The summed E-state index contributed by atoms with van der Waals surface area (Å²) in [6.45, 7) is 0. The second kappa shape index (κ2) is 5.98. The van der Waals surface area contributed by atoms with Crippen LogP contribution in [0.2, 0.25) is 0 Å². The Balaban J connectivity index is 1.85. The van der Waals surface area contributed by atoms with Crippen LogP contribution in [0.1, 0.15) is 11.1 Å². The molecule has 0 amide bonds. The first-order valence-electron chi connectivity index (χ1n) is 7.19. The number of aromatic amines is 1. The normalized spacial score (nSPS) is 12.4. The summed E-state index contributed by atoms with van der Waals surface area (Å²) in [5.41, 5.74) is 0.751. The molecule has 3 aromatic rings. The molecule has 1 aromatic heterocycles. The van der Waals surface area contributed by atoms with E-state index in [0.717, 1.165) is 24.3 Å². The highest BCUT2D eigenvalue weighted by molar-refractivity contribution is 5.68. The first-order valence-corrected chi connectivity index (χ1v) is 7.19. The molecule has 7 heteroatoms. The van der Waals surface area contributed by atoms with Crippen molar-refractivity contribution in [2.45, 2.75) is 12.4 Å². The van der Waals surface area contributed by atoms with Crippen molar-refractivity contribution in [1.29, 1.82) is 0 Å². The third-order valence-electron chi connectivity index (χ3n) is 3.73. The Morgan fingerprint density at radius 2 is 0.800 bits per heavy atom. The van der Waals surface area contributed by atoms with Crippen LogP contribution in [0.25, 0.3) is 22.5 Å². The van der Waals surface area contributed by atoms with Crippen LogP contribution in [0.15, 0.2) is 60.7 Å². The Kier molecular flexibility index (Phi) is 4.10. The lowest BCUT2D eigenvalue weighted by Crippen LogP contribution is -2.04. The van der Waals surface area contributed by atoms with Gasteiger partial charge in [-0.2, -0.15) is 26.3 Å². The van der Waals surface area contributed by atoms with E-state index in [1.165, 1.54) is 24.3 Å². The van der Waals surface area contributed by atoms with Gasteiger partial charge in [0, 0.05) is 11.4 Å². The molecular weight excluding hydrogens is 344 g/mol. The molecule has 0 saturated heterocycles. The van der Waals surface area contributed by atoms with Crippen molar-refractivity contribution in [2.24, 2.45) is 0 Å². The minimum Gasteiger partial charge on any atom is -0.355 e. The summed E-state index contributed by atoms with van der Waals surface area (Å²) in [5.74, 6) is 0. The monoisotopic (exact) mass is 355 g/mol. The number of hydrogen-bond donors (Lipinski definition) is 1. The van der Waals surface area contributed by atoms with E-state index in [2.05, 4.69) is 4.98 Å². The van der Waals surface area contributed by atoms with E-state index in [-0.39, 0.29) is 0 Å². The molecule has 0 radical (unpaired) electrons. The Morgan fingerprint density at radius 3 is 1.08 bits per heavy atom. The summed E-state index contributed by atoms with van der Waals surface area (Å²) >= 11 is 0. The van der Waals surface area contributed by atoms with Gasteiger partial charge in [-0.15, -0.1) is 0 Å². The first-order chi connectivity index (χ1) is 11.6. The van der Waals surface area contributed by atoms with Crippen molar-refractivity contribution < 1.29 is 26.3 Å². The number of alkyl halides is 6. The summed E-state index contributed by atoms with van der Waals surface area (Å²) in [6.07, 6.45) is -8.81. The molecule has 3 rings (SSSR count). The number of rotatable bonds is 2. The van der Waals surface area contributed by atoms with Gasteiger partial charge in [0.1, 0.15) is 0 Å². The number of benzene rings is 2. The molecule has 1 heterocycles. The molecule has 25 heavy (non-hydrogen) atoms. The molecule has 0 aliphatic heterocycles. The predicted molar refractivity (Wildman–Crippen MR) is 81.7 cm³/mol. The van der Waals surface area contributed by atoms with E-state index < -0.39 is 23.5 Å². The van der Waals surface area contributed by atoms with Crippen LogP contribution in [-0.4, -0.2) is 4.98 Å². The van der Waals surface area contributed by atoms with E-state index >= 15 is 0 Å². The molecule has 1 nitrogen and oxygen atoms in total. The van der Waals surface area contributed by atoms with Gasteiger partial charge < -0.3 is 4.98 Å². The third-order valence-corrected chi connectivity index (χ3v) is 3.73. The fourth-order valence-electron chi connectivity index (χ4n) is 2.41. The zero-order chi connectivity index (χ0) is 18.2. The number of aromatic nitrogens is 1. The molecule has 0 bridgehead atoms. The Hall–Kier alpha value is -2.70. The molecule has 0 aliphatic carbocycles. The van der Waals surface area contributed by atoms with E-state index in [0.29, 0.717) is 22.5 Å². The van der Waals surface area contributed by atoms with Crippen molar-refractivity contribution in [1.82, 2.24) is 4.98 Å². The molecule has 0 fully saturated rings. The summed E-state index contributed by atoms with van der Waals surface area (Å²) in [5, 5.41) is 0. The lowest BCUT2D eigenvalue weighted by Gasteiger charge is -2.07. The maximum atomic E-state index is 12.6. The molecule has 1 N–H and O–H groups in total. The van der Waals surface area contributed by atoms with Crippen LogP contribution in [0, 0.1) is 0 Å². The van der Waals surface area contributed by atoms with Crippen molar-refractivity contribution in [2.75, 3.05) is 0 Å². The molecule has 2 aromatic carbocycles. The maximum absolute atomic E-state index is 12.6. The molecule has 0 atom stereocenters. The zero-order valence-electron chi connectivity index (χ0n) is 12.5. The van der Waals surface area contributed by atoms with E-state index in [4.69, 9.17) is 0 Å². The standard InChI is InChI=1S/C18H11F6N/c19-17(20,21)13-5-1-11(2-6-13)15-9-10-16(25-15)12-3-7-14(8-4-12)18(22,23)24/h1-10,25H. The number of hydrogen-bond acceptors (Lipinski definition) is 0. The summed E-state index contributed by atoms with van der Waals surface area (Å²) in [7, 11) is 0. The largest absolute Gasteiger partial charge is 0.416 e. The Bertz CT molecular complexity index is 782. The van der Waals surface area contributed by atoms with Gasteiger partial charge in [-0.25, -0.2) is 0 Å². The van der Waals surface area contributed by atoms with Crippen LogP contribution in [-0.2, 0) is 12.4 Å². The van der Waals surface area contributed by atoms with E-state index in [1.807, 2.05) is 0 Å². The van der Waals surface area contributed by atoms with Crippen molar-refractivity contribution >= 4 is 0 Å². The fourth-order valence-corrected chi connectivity index (χ4v) is 2.41. The van der Waals surface area contributed by atoms with Crippen molar-refractivity contribution in [3.05, 3.63) is 71.8 Å². The molecule has 0 spiro atoms. The van der Waals surface area contributed by atoms with Gasteiger partial charge in [0.15, 0.2) is 0 Å². The van der Waals surface area contributed by atoms with Gasteiger partial charge in [-0.1, -0.05) is 24.3 Å². The Morgan fingerprint density at radius 1 is 0.480 bits per heavy atom. The van der Waals surface area contributed by atoms with Crippen LogP contribution < -0.4 is 0 Å². The van der Waals surface area contributed by atoms with Gasteiger partial charge in [-0.05, 0) is 47.5 Å². The van der Waals surface area contributed by atoms with Crippen LogP contribution in [0.5, 0.6) is 0 Å². The zero-order valence-corrected chi connectivity index (χ0v) is 12.5. The second-order valence-corrected chi connectivity index (χ2v) is 5.44. The van der Waals surface area contributed by atoms with Gasteiger partial charge in [0.2, 0.25) is 0 Å². The maximum Gasteiger partial charge on any atom is 0.416 e. The molecular formula is C18H11F6N. The van der Waals surface area contributed by atoms with Gasteiger partial charge in [-0.3, -0.25) is 0 Å². The van der Waals surface area contributed by atoms with Crippen molar-refractivity contribution in [3.8, 4) is 22.5 Å². The summed E-state index contributed by atoms with van der Waals surface area (Å²) < 4.78 is 75.5. The lowest BCUT2D eigenvalue weighted by molar-refractivity contribution is -0.138. The topological polar surface area (TPSA) is 15.8 Å². The smallest absolute Gasteiger partial charge is 0.355 e. The average Bonchev–Trinajstić information content (AvgIpc) is 3.03. The molecule has 0 aliphatic rings. The highest BCUT2D eigenvalue weighted by atomic mass is 19.4. The van der Waals surface area contributed by atoms with Gasteiger partial charge in [0.25, 0.3) is 0 Å². The Labute approximate surface area is 138 Å². The number of halogens is 6. The average molecular weight is 355 g/mol. The van der Waals surface area contributed by atoms with E-state index in [1.54, 1.807) is 12.1 Å². The first kappa shape index (κ1) is 17.1. The van der Waals surface area contributed by atoms with Gasteiger partial charge in [0.05, 0.1) is 11.1 Å². The molecule has 0 saturated carbocycles. The lowest BCUT2D eigenvalue weighted by atomic mass is 10.1. The highest BCUT2D eigenvalue weighted by Gasteiger charge is 2.30. The highest BCUT2D eigenvalue weighted by Crippen LogP contribution is 2.33. The number of H-pyrrole nitrogens is 1. The SMILES string of the molecule is FC(F)(F)c1ccc(-c2ccc(-c3ccc(C(F)(F)F)cc3)[nH]2)cc1.